The second-order valence-electron chi connectivity index (χ2n) is 6.64. The number of carboxylic acids is 1. The van der Waals surface area contributed by atoms with E-state index in [0.717, 1.165) is 30.2 Å². The van der Waals surface area contributed by atoms with Crippen LogP contribution in [0, 0.1) is 5.92 Å². The Bertz CT molecular complexity index is 739. The number of likely N-dealkylation sites (tertiary alicyclic amines) is 1. The van der Waals surface area contributed by atoms with Gasteiger partial charge in [-0.05, 0) is 68.9 Å². The largest absolute Gasteiger partial charge is 0.490 e. The molecule has 5 nitrogen and oxygen atoms in total. The lowest BCUT2D eigenvalue weighted by Crippen LogP contribution is -2.39. The molecule has 1 aromatic carbocycles. The molecular weight excluding hydrogens is 362 g/mol. The minimum Gasteiger partial charge on any atom is -0.490 e. The van der Waals surface area contributed by atoms with E-state index >= 15 is 0 Å². The number of hydrogen-bond acceptors (Lipinski definition) is 5. The number of carboxylic acid groups (broad SMARTS) is 1. The van der Waals surface area contributed by atoms with Gasteiger partial charge in [0.1, 0.15) is 0 Å². The molecule has 2 aromatic rings. The van der Waals surface area contributed by atoms with E-state index in [1.165, 1.54) is 4.88 Å². The number of rotatable bonds is 8. The van der Waals surface area contributed by atoms with Gasteiger partial charge in [-0.1, -0.05) is 12.1 Å². The van der Waals surface area contributed by atoms with Gasteiger partial charge < -0.3 is 14.6 Å². The highest BCUT2D eigenvalue weighted by molar-refractivity contribution is 7.10. The maximum Gasteiger partial charge on any atom is 0.306 e. The highest BCUT2D eigenvalue weighted by Gasteiger charge is 2.31. The first-order chi connectivity index (χ1) is 13.1. The molecule has 1 aliphatic heterocycles. The zero-order chi connectivity index (χ0) is 19.2. The van der Waals surface area contributed by atoms with Crippen molar-refractivity contribution in [3.05, 3.63) is 46.2 Å². The van der Waals surface area contributed by atoms with Crippen LogP contribution in [0.2, 0.25) is 0 Å². The average Bonchev–Trinajstić information content (AvgIpc) is 3.19. The van der Waals surface area contributed by atoms with Gasteiger partial charge in [0, 0.05) is 4.88 Å². The topological polar surface area (TPSA) is 59.0 Å². The first-order valence-corrected chi connectivity index (χ1v) is 10.4. The monoisotopic (exact) mass is 389 g/mol. The molecule has 1 atom stereocenters. The van der Waals surface area contributed by atoms with Crippen molar-refractivity contribution in [3.63, 3.8) is 0 Å². The molecule has 146 valence electrons. The van der Waals surface area contributed by atoms with Crippen molar-refractivity contribution in [2.24, 2.45) is 5.92 Å². The maximum absolute atomic E-state index is 11.3. The second-order valence-corrected chi connectivity index (χ2v) is 7.62. The quantitative estimate of drug-likeness (QED) is 0.724. The summed E-state index contributed by atoms with van der Waals surface area (Å²) in [4.78, 5) is 14.9. The van der Waals surface area contributed by atoms with Gasteiger partial charge in [-0.3, -0.25) is 9.69 Å². The van der Waals surface area contributed by atoms with E-state index in [0.29, 0.717) is 26.1 Å². The molecule has 0 aliphatic carbocycles. The number of aliphatic carboxylic acids is 1. The molecule has 6 heteroatoms. The fraction of sp³-hybridized carbons (Fsp3) is 0.476. The molecule has 2 heterocycles. The van der Waals surface area contributed by atoms with Crippen LogP contribution in [0.15, 0.2) is 35.7 Å². The number of benzene rings is 1. The van der Waals surface area contributed by atoms with Crippen molar-refractivity contribution in [1.82, 2.24) is 4.90 Å². The number of ether oxygens (including phenoxy) is 2. The van der Waals surface area contributed by atoms with Gasteiger partial charge in [-0.25, -0.2) is 0 Å². The van der Waals surface area contributed by atoms with Crippen LogP contribution in [0.1, 0.15) is 43.2 Å². The van der Waals surface area contributed by atoms with E-state index in [-0.39, 0.29) is 12.0 Å². The molecule has 1 saturated heterocycles. The maximum atomic E-state index is 11.3. The average molecular weight is 390 g/mol. The van der Waals surface area contributed by atoms with Crippen molar-refractivity contribution in [2.45, 2.75) is 32.7 Å². The molecule has 0 spiro atoms. The molecule has 1 aromatic heterocycles. The van der Waals surface area contributed by atoms with Gasteiger partial charge >= 0.3 is 5.97 Å². The summed E-state index contributed by atoms with van der Waals surface area (Å²) in [7, 11) is 0. The van der Waals surface area contributed by atoms with E-state index in [1.54, 1.807) is 11.3 Å². The standard InChI is InChI=1S/C21H27NO4S/c1-3-25-17-8-7-16(14-18(17)26-4-2)20(19-6-5-13-27-19)22-11-9-15(10-12-22)21(23)24/h5-8,13-15,20H,3-4,9-12H2,1-2H3,(H,23,24). The van der Waals surface area contributed by atoms with Crippen LogP contribution in [0.5, 0.6) is 11.5 Å². The lowest BCUT2D eigenvalue weighted by molar-refractivity contribution is -0.143. The minimum absolute atomic E-state index is 0.106. The molecule has 0 radical (unpaired) electrons. The Labute approximate surface area is 164 Å². The lowest BCUT2D eigenvalue weighted by atomic mass is 9.93. The van der Waals surface area contributed by atoms with E-state index in [1.807, 2.05) is 19.9 Å². The molecule has 0 amide bonds. The summed E-state index contributed by atoms with van der Waals surface area (Å²) < 4.78 is 11.5. The van der Waals surface area contributed by atoms with Crippen LogP contribution < -0.4 is 9.47 Å². The molecule has 0 saturated carbocycles. The fourth-order valence-electron chi connectivity index (χ4n) is 3.64. The van der Waals surface area contributed by atoms with Gasteiger partial charge in [-0.2, -0.15) is 0 Å². The minimum atomic E-state index is -0.679. The zero-order valence-electron chi connectivity index (χ0n) is 15.9. The summed E-state index contributed by atoms with van der Waals surface area (Å²) in [6, 6.07) is 10.5. The van der Waals surface area contributed by atoms with Crippen LogP contribution in [0.3, 0.4) is 0 Å². The Hall–Kier alpha value is -2.05. The predicted molar refractivity (Wildman–Crippen MR) is 107 cm³/mol. The van der Waals surface area contributed by atoms with Gasteiger partial charge in [-0.15, -0.1) is 11.3 Å². The molecule has 3 rings (SSSR count). The molecule has 1 unspecified atom stereocenters. The molecular formula is C21H27NO4S. The predicted octanol–water partition coefficient (Wildman–Crippen LogP) is 4.43. The van der Waals surface area contributed by atoms with E-state index < -0.39 is 5.97 Å². The van der Waals surface area contributed by atoms with Gasteiger partial charge in [0.05, 0.1) is 25.2 Å². The Kier molecular flexibility index (Phi) is 6.74. The van der Waals surface area contributed by atoms with Gasteiger partial charge in [0.2, 0.25) is 0 Å². The lowest BCUT2D eigenvalue weighted by Gasteiger charge is -2.36. The highest BCUT2D eigenvalue weighted by atomic mass is 32.1. The number of hydrogen-bond donors (Lipinski definition) is 1. The van der Waals surface area contributed by atoms with Crippen LogP contribution in [0.4, 0.5) is 0 Å². The fourth-order valence-corrected chi connectivity index (χ4v) is 4.53. The van der Waals surface area contributed by atoms with E-state index in [9.17, 15) is 9.90 Å². The number of carbonyl (C=O) groups is 1. The summed E-state index contributed by atoms with van der Waals surface area (Å²) in [5, 5.41) is 11.4. The summed E-state index contributed by atoms with van der Waals surface area (Å²) in [5.41, 5.74) is 1.15. The highest BCUT2D eigenvalue weighted by Crippen LogP contribution is 2.38. The third-order valence-corrected chi connectivity index (χ3v) is 5.86. The smallest absolute Gasteiger partial charge is 0.306 e. The summed E-state index contributed by atoms with van der Waals surface area (Å²) >= 11 is 1.73. The Morgan fingerprint density at radius 1 is 1.19 bits per heavy atom. The van der Waals surface area contributed by atoms with Crippen molar-refractivity contribution in [2.75, 3.05) is 26.3 Å². The molecule has 1 fully saturated rings. The molecule has 1 aliphatic rings. The first-order valence-electron chi connectivity index (χ1n) is 9.53. The number of nitrogens with zero attached hydrogens (tertiary/aromatic N) is 1. The van der Waals surface area contributed by atoms with Crippen LogP contribution in [-0.4, -0.2) is 42.3 Å². The van der Waals surface area contributed by atoms with Crippen molar-refractivity contribution in [1.29, 1.82) is 0 Å². The van der Waals surface area contributed by atoms with Gasteiger partial charge in [0.15, 0.2) is 11.5 Å². The molecule has 0 bridgehead atoms. The van der Waals surface area contributed by atoms with Crippen molar-refractivity contribution < 1.29 is 19.4 Å². The first kappa shape index (κ1) is 19.7. The summed E-state index contributed by atoms with van der Waals surface area (Å²) in [5.74, 6) is 0.614. The SMILES string of the molecule is CCOc1ccc(C(c2cccs2)N2CCC(C(=O)O)CC2)cc1OCC. The second kappa shape index (κ2) is 9.24. The number of thiophene rings is 1. The van der Waals surface area contributed by atoms with Crippen LogP contribution in [-0.2, 0) is 4.79 Å². The zero-order valence-corrected chi connectivity index (χ0v) is 16.7. The van der Waals surface area contributed by atoms with Gasteiger partial charge in [0.25, 0.3) is 0 Å². The normalized spacial score (nSPS) is 16.8. The Morgan fingerprint density at radius 3 is 2.48 bits per heavy atom. The molecule has 27 heavy (non-hydrogen) atoms. The van der Waals surface area contributed by atoms with E-state index in [4.69, 9.17) is 9.47 Å². The Balaban J connectivity index is 1.90. The van der Waals surface area contributed by atoms with E-state index in [2.05, 4.69) is 34.5 Å². The Morgan fingerprint density at radius 2 is 1.89 bits per heavy atom. The van der Waals surface area contributed by atoms with Crippen LogP contribution in [0.25, 0.3) is 0 Å². The number of piperidine rings is 1. The summed E-state index contributed by atoms with van der Waals surface area (Å²) in [6.45, 7) is 6.65. The van der Waals surface area contributed by atoms with Crippen molar-refractivity contribution >= 4 is 17.3 Å². The van der Waals surface area contributed by atoms with Crippen LogP contribution >= 0.6 is 11.3 Å². The van der Waals surface area contributed by atoms with Crippen molar-refractivity contribution in [3.8, 4) is 11.5 Å². The third kappa shape index (κ3) is 4.62. The summed E-state index contributed by atoms with van der Waals surface area (Å²) in [6.07, 6.45) is 1.37. The third-order valence-electron chi connectivity index (χ3n) is 4.94. The molecule has 1 N–H and O–H groups in total.